The van der Waals surface area contributed by atoms with Crippen molar-refractivity contribution in [2.45, 2.75) is 38.3 Å². The average molecular weight is 259 g/mol. The highest BCUT2D eigenvalue weighted by molar-refractivity contribution is 5.93. The summed E-state index contributed by atoms with van der Waals surface area (Å²) < 4.78 is 0. The number of fused-ring (bicyclic) bond motifs is 1. The Balaban J connectivity index is 1.83. The Morgan fingerprint density at radius 1 is 1.32 bits per heavy atom. The van der Waals surface area contributed by atoms with Gasteiger partial charge in [0.05, 0.1) is 5.69 Å². The van der Waals surface area contributed by atoms with E-state index < -0.39 is 0 Å². The minimum atomic E-state index is 0.0601. The van der Waals surface area contributed by atoms with Crippen LogP contribution in [-0.4, -0.2) is 25.2 Å². The Bertz CT molecular complexity index is 470. The second-order valence-corrected chi connectivity index (χ2v) is 5.33. The van der Waals surface area contributed by atoms with Gasteiger partial charge in [0, 0.05) is 18.6 Å². The molecule has 1 aliphatic heterocycles. The summed E-state index contributed by atoms with van der Waals surface area (Å²) in [6, 6.07) is 9.06. The number of benzene rings is 1. The zero-order chi connectivity index (χ0) is 13.2. The van der Waals surface area contributed by atoms with E-state index in [4.69, 9.17) is 0 Å². The predicted molar refractivity (Wildman–Crippen MR) is 76.4 cm³/mol. The van der Waals surface area contributed by atoms with E-state index in [1.54, 1.807) is 0 Å². The minimum Gasteiger partial charge on any atom is -0.335 e. The number of nitrogens with zero attached hydrogens (tertiary/aromatic N) is 1. The first-order valence-electron chi connectivity index (χ1n) is 7.20. The molecule has 1 aromatic carbocycles. The second kappa shape index (κ2) is 5.21. The van der Waals surface area contributed by atoms with E-state index in [2.05, 4.69) is 23.6 Å². The van der Waals surface area contributed by atoms with Crippen molar-refractivity contribution in [1.29, 1.82) is 0 Å². The quantitative estimate of drug-likeness (QED) is 0.875. The number of carbonyl (C=O) groups is 1. The van der Waals surface area contributed by atoms with Crippen molar-refractivity contribution in [3.63, 3.8) is 0 Å². The third-order valence-electron chi connectivity index (χ3n) is 3.84. The average Bonchev–Trinajstić information content (AvgIpc) is 3.23. The zero-order valence-corrected chi connectivity index (χ0v) is 11.4. The zero-order valence-electron chi connectivity index (χ0n) is 11.4. The number of hydrogen-bond donors (Lipinski definition) is 2. The SMILES string of the molecule is CCNC1CCN(C(=O)NC2CC2)c2ccccc21. The van der Waals surface area contributed by atoms with Crippen molar-refractivity contribution in [3.8, 4) is 0 Å². The second-order valence-electron chi connectivity index (χ2n) is 5.33. The summed E-state index contributed by atoms with van der Waals surface area (Å²) in [5.74, 6) is 0. The van der Waals surface area contributed by atoms with Gasteiger partial charge in [-0.2, -0.15) is 0 Å². The van der Waals surface area contributed by atoms with Crippen molar-refractivity contribution < 1.29 is 4.79 Å². The molecule has 2 amide bonds. The van der Waals surface area contributed by atoms with E-state index in [1.807, 2.05) is 23.1 Å². The molecule has 19 heavy (non-hydrogen) atoms. The lowest BCUT2D eigenvalue weighted by Crippen LogP contribution is -2.45. The lowest BCUT2D eigenvalue weighted by Gasteiger charge is -2.34. The number of para-hydroxylation sites is 1. The first kappa shape index (κ1) is 12.5. The van der Waals surface area contributed by atoms with Gasteiger partial charge in [-0.25, -0.2) is 4.79 Å². The Hall–Kier alpha value is -1.55. The van der Waals surface area contributed by atoms with E-state index in [0.29, 0.717) is 12.1 Å². The molecule has 1 heterocycles. The molecule has 0 bridgehead atoms. The summed E-state index contributed by atoms with van der Waals surface area (Å²) in [6.45, 7) is 3.86. The molecule has 102 valence electrons. The largest absolute Gasteiger partial charge is 0.335 e. The van der Waals surface area contributed by atoms with E-state index in [9.17, 15) is 4.79 Å². The van der Waals surface area contributed by atoms with Crippen LogP contribution in [0.25, 0.3) is 0 Å². The number of urea groups is 1. The summed E-state index contributed by atoms with van der Waals surface area (Å²) in [5.41, 5.74) is 2.29. The van der Waals surface area contributed by atoms with Gasteiger partial charge in [-0.05, 0) is 37.4 Å². The van der Waals surface area contributed by atoms with E-state index >= 15 is 0 Å². The topological polar surface area (TPSA) is 44.4 Å². The number of nitrogens with one attached hydrogen (secondary N) is 2. The first-order chi connectivity index (χ1) is 9.29. The Morgan fingerprint density at radius 3 is 2.84 bits per heavy atom. The molecule has 3 rings (SSSR count). The molecule has 1 saturated carbocycles. The fourth-order valence-corrected chi connectivity index (χ4v) is 2.71. The highest BCUT2D eigenvalue weighted by Gasteiger charge is 2.31. The standard InChI is InChI=1S/C15H21N3O/c1-2-16-13-9-10-18(15(19)17-11-7-8-11)14-6-4-3-5-12(13)14/h3-6,11,13,16H,2,7-10H2,1H3,(H,17,19). The van der Waals surface area contributed by atoms with Crippen LogP contribution in [0, 0.1) is 0 Å². The van der Waals surface area contributed by atoms with Gasteiger partial charge >= 0.3 is 6.03 Å². The van der Waals surface area contributed by atoms with Crippen molar-refractivity contribution in [2.24, 2.45) is 0 Å². The molecule has 0 saturated heterocycles. The fraction of sp³-hybridized carbons (Fsp3) is 0.533. The van der Waals surface area contributed by atoms with Gasteiger partial charge in [0.25, 0.3) is 0 Å². The van der Waals surface area contributed by atoms with E-state index in [1.165, 1.54) is 5.56 Å². The smallest absolute Gasteiger partial charge is 0.322 e. The molecule has 2 aliphatic rings. The molecule has 4 nitrogen and oxygen atoms in total. The monoisotopic (exact) mass is 259 g/mol. The third kappa shape index (κ3) is 2.59. The van der Waals surface area contributed by atoms with Crippen LogP contribution in [0.15, 0.2) is 24.3 Å². The van der Waals surface area contributed by atoms with Crippen LogP contribution in [0.5, 0.6) is 0 Å². The van der Waals surface area contributed by atoms with Crippen molar-refractivity contribution in [2.75, 3.05) is 18.0 Å². The highest BCUT2D eigenvalue weighted by Crippen LogP contribution is 2.33. The minimum absolute atomic E-state index is 0.0601. The number of anilines is 1. The lowest BCUT2D eigenvalue weighted by atomic mass is 9.96. The summed E-state index contributed by atoms with van der Waals surface area (Å²) in [7, 11) is 0. The Morgan fingerprint density at radius 2 is 2.11 bits per heavy atom. The number of rotatable bonds is 3. The third-order valence-corrected chi connectivity index (χ3v) is 3.84. The number of amides is 2. The van der Waals surface area contributed by atoms with Crippen LogP contribution in [0.4, 0.5) is 10.5 Å². The van der Waals surface area contributed by atoms with Crippen LogP contribution in [0.2, 0.25) is 0 Å². The molecule has 1 aromatic rings. The molecular formula is C15H21N3O. The molecule has 1 unspecified atom stereocenters. The summed E-state index contributed by atoms with van der Waals surface area (Å²) >= 11 is 0. The Kier molecular flexibility index (Phi) is 3.42. The number of hydrogen-bond acceptors (Lipinski definition) is 2. The van der Waals surface area contributed by atoms with E-state index in [0.717, 1.165) is 38.0 Å². The predicted octanol–water partition coefficient (Wildman–Crippen LogP) is 2.42. The molecule has 4 heteroatoms. The highest BCUT2D eigenvalue weighted by atomic mass is 16.2. The summed E-state index contributed by atoms with van der Waals surface area (Å²) in [4.78, 5) is 14.2. The molecule has 0 spiro atoms. The van der Waals surface area contributed by atoms with Crippen molar-refractivity contribution in [1.82, 2.24) is 10.6 Å². The molecule has 2 N–H and O–H groups in total. The number of carbonyl (C=O) groups excluding carboxylic acids is 1. The van der Waals surface area contributed by atoms with Crippen LogP contribution >= 0.6 is 0 Å². The molecular weight excluding hydrogens is 238 g/mol. The molecule has 1 aliphatic carbocycles. The Labute approximate surface area is 114 Å². The lowest BCUT2D eigenvalue weighted by molar-refractivity contribution is 0.245. The van der Waals surface area contributed by atoms with E-state index in [-0.39, 0.29) is 6.03 Å². The molecule has 1 fully saturated rings. The van der Waals surface area contributed by atoms with Gasteiger partial charge < -0.3 is 10.6 Å². The van der Waals surface area contributed by atoms with Crippen LogP contribution in [0.3, 0.4) is 0 Å². The molecule has 1 atom stereocenters. The molecule has 0 radical (unpaired) electrons. The van der Waals surface area contributed by atoms with Gasteiger partial charge in [-0.3, -0.25) is 4.90 Å². The van der Waals surface area contributed by atoms with Gasteiger partial charge in [-0.1, -0.05) is 25.1 Å². The van der Waals surface area contributed by atoms with Crippen molar-refractivity contribution in [3.05, 3.63) is 29.8 Å². The van der Waals surface area contributed by atoms with Crippen LogP contribution < -0.4 is 15.5 Å². The van der Waals surface area contributed by atoms with Gasteiger partial charge in [0.2, 0.25) is 0 Å². The summed E-state index contributed by atoms with van der Waals surface area (Å²) in [6.07, 6.45) is 3.23. The maximum absolute atomic E-state index is 12.3. The van der Waals surface area contributed by atoms with Crippen LogP contribution in [-0.2, 0) is 0 Å². The van der Waals surface area contributed by atoms with Gasteiger partial charge in [0.15, 0.2) is 0 Å². The van der Waals surface area contributed by atoms with Crippen molar-refractivity contribution >= 4 is 11.7 Å². The van der Waals surface area contributed by atoms with Crippen LogP contribution in [0.1, 0.15) is 37.8 Å². The molecule has 0 aromatic heterocycles. The maximum Gasteiger partial charge on any atom is 0.322 e. The fourth-order valence-electron chi connectivity index (χ4n) is 2.71. The summed E-state index contributed by atoms with van der Waals surface area (Å²) in [5, 5.41) is 6.57. The first-order valence-corrected chi connectivity index (χ1v) is 7.20. The van der Waals surface area contributed by atoms with Gasteiger partial charge in [-0.15, -0.1) is 0 Å². The van der Waals surface area contributed by atoms with Gasteiger partial charge in [0.1, 0.15) is 0 Å². The normalized spacial score (nSPS) is 21.9. The maximum atomic E-state index is 12.3.